The zero-order valence-electron chi connectivity index (χ0n) is 17.9. The Labute approximate surface area is 182 Å². The second-order valence-corrected chi connectivity index (χ2v) is 9.34. The highest BCUT2D eigenvalue weighted by Crippen LogP contribution is 2.29. The third-order valence-corrected chi connectivity index (χ3v) is 6.87. The van der Waals surface area contributed by atoms with Crippen molar-refractivity contribution in [3.63, 3.8) is 0 Å². The standard InChI is InChI=1S/C24H29N3O2S/c1-16-7-6-8-17(2)23(16)29-19-11-13-27(14-12-19)22(28)15-30-18(3)24-25-20-9-4-5-10-21(20)26-24/h4-10,18-19H,11-15H2,1-3H3,(H,25,26). The Morgan fingerprint density at radius 2 is 1.87 bits per heavy atom. The van der Waals surface area contributed by atoms with E-state index in [2.05, 4.69) is 48.9 Å². The molecule has 3 aromatic rings. The molecular weight excluding hydrogens is 394 g/mol. The molecule has 0 radical (unpaired) electrons. The second kappa shape index (κ2) is 9.13. The Morgan fingerprint density at radius 1 is 1.17 bits per heavy atom. The van der Waals surface area contributed by atoms with Gasteiger partial charge in [0, 0.05) is 25.9 Å². The predicted molar refractivity (Wildman–Crippen MR) is 123 cm³/mol. The number of aryl methyl sites for hydroxylation is 2. The number of fused-ring (bicyclic) bond motifs is 1. The topological polar surface area (TPSA) is 58.2 Å². The van der Waals surface area contributed by atoms with Gasteiger partial charge in [0.25, 0.3) is 0 Å². The Hall–Kier alpha value is -2.47. The van der Waals surface area contributed by atoms with E-state index in [4.69, 9.17) is 4.74 Å². The number of para-hydroxylation sites is 3. The molecule has 0 spiro atoms. The molecule has 1 fully saturated rings. The number of hydrogen-bond acceptors (Lipinski definition) is 4. The largest absolute Gasteiger partial charge is 0.490 e. The van der Waals surface area contributed by atoms with Gasteiger partial charge < -0.3 is 14.6 Å². The lowest BCUT2D eigenvalue weighted by Gasteiger charge is -2.33. The highest BCUT2D eigenvalue weighted by atomic mass is 32.2. The molecule has 0 saturated carbocycles. The number of aromatic amines is 1. The number of rotatable bonds is 6. The molecule has 1 aliphatic rings. The molecule has 0 bridgehead atoms. The maximum atomic E-state index is 12.7. The van der Waals surface area contributed by atoms with Gasteiger partial charge in [0.15, 0.2) is 0 Å². The SMILES string of the molecule is Cc1cccc(C)c1OC1CCN(C(=O)CSC(C)c2nc3ccccc3[nH]2)CC1. The number of hydrogen-bond donors (Lipinski definition) is 1. The lowest BCUT2D eigenvalue weighted by molar-refractivity contribution is -0.130. The summed E-state index contributed by atoms with van der Waals surface area (Å²) >= 11 is 1.64. The molecule has 4 rings (SSSR count). The van der Waals surface area contributed by atoms with Crippen LogP contribution in [0.25, 0.3) is 11.0 Å². The lowest BCUT2D eigenvalue weighted by Crippen LogP contribution is -2.42. The van der Waals surface area contributed by atoms with Crippen molar-refractivity contribution in [1.82, 2.24) is 14.9 Å². The van der Waals surface area contributed by atoms with E-state index in [0.29, 0.717) is 5.75 Å². The van der Waals surface area contributed by atoms with Crippen LogP contribution in [-0.4, -0.2) is 45.7 Å². The first-order chi connectivity index (χ1) is 14.5. The summed E-state index contributed by atoms with van der Waals surface area (Å²) in [4.78, 5) is 22.7. The van der Waals surface area contributed by atoms with Gasteiger partial charge in [-0.15, -0.1) is 11.8 Å². The minimum absolute atomic E-state index is 0.145. The number of likely N-dealkylation sites (tertiary alicyclic amines) is 1. The number of H-pyrrole nitrogens is 1. The van der Waals surface area contributed by atoms with Crippen LogP contribution < -0.4 is 4.74 Å². The zero-order chi connectivity index (χ0) is 21.1. The molecule has 1 atom stereocenters. The number of imidazole rings is 1. The number of carbonyl (C=O) groups excluding carboxylic acids is 1. The van der Waals surface area contributed by atoms with Crippen molar-refractivity contribution in [2.24, 2.45) is 0 Å². The summed E-state index contributed by atoms with van der Waals surface area (Å²) in [5.41, 5.74) is 4.35. The van der Waals surface area contributed by atoms with Crippen LogP contribution in [0.3, 0.4) is 0 Å². The molecule has 1 aromatic heterocycles. The molecule has 1 saturated heterocycles. The summed E-state index contributed by atoms with van der Waals surface area (Å²) in [5, 5.41) is 0.145. The molecule has 1 amide bonds. The molecule has 5 nitrogen and oxygen atoms in total. The fourth-order valence-corrected chi connectivity index (χ4v) is 4.75. The average molecular weight is 424 g/mol. The summed E-state index contributed by atoms with van der Waals surface area (Å²) in [6.07, 6.45) is 1.93. The summed E-state index contributed by atoms with van der Waals surface area (Å²) in [6, 6.07) is 14.2. The van der Waals surface area contributed by atoms with E-state index < -0.39 is 0 Å². The van der Waals surface area contributed by atoms with Gasteiger partial charge in [-0.1, -0.05) is 30.3 Å². The van der Waals surface area contributed by atoms with Crippen molar-refractivity contribution in [2.45, 2.75) is 45.0 Å². The number of nitrogens with one attached hydrogen (secondary N) is 1. The molecular formula is C24H29N3O2S. The predicted octanol–water partition coefficient (Wildman–Crippen LogP) is 5.04. The number of thioether (sulfide) groups is 1. The first-order valence-electron chi connectivity index (χ1n) is 10.6. The minimum atomic E-state index is 0.145. The Kier molecular flexibility index (Phi) is 6.32. The van der Waals surface area contributed by atoms with Crippen LogP contribution in [0.5, 0.6) is 5.75 Å². The summed E-state index contributed by atoms with van der Waals surface area (Å²) in [7, 11) is 0. The van der Waals surface area contributed by atoms with Crippen molar-refractivity contribution in [2.75, 3.05) is 18.8 Å². The van der Waals surface area contributed by atoms with Gasteiger partial charge in [-0.3, -0.25) is 4.79 Å². The third-order valence-electron chi connectivity index (χ3n) is 5.74. The Morgan fingerprint density at radius 3 is 2.57 bits per heavy atom. The number of amides is 1. The second-order valence-electron chi connectivity index (χ2n) is 8.01. The highest BCUT2D eigenvalue weighted by molar-refractivity contribution is 8.00. The van der Waals surface area contributed by atoms with E-state index in [1.165, 1.54) is 11.1 Å². The highest BCUT2D eigenvalue weighted by Gasteiger charge is 2.25. The number of benzene rings is 2. The number of piperidine rings is 1. The number of ether oxygens (including phenoxy) is 1. The van der Waals surface area contributed by atoms with Crippen LogP contribution in [0.15, 0.2) is 42.5 Å². The molecule has 1 N–H and O–H groups in total. The Balaban J connectivity index is 1.26. The Bertz CT molecular complexity index is 971. The van der Waals surface area contributed by atoms with E-state index in [-0.39, 0.29) is 17.3 Å². The summed E-state index contributed by atoms with van der Waals surface area (Å²) in [6.45, 7) is 7.78. The maximum absolute atomic E-state index is 12.7. The molecule has 0 aliphatic carbocycles. The van der Waals surface area contributed by atoms with Gasteiger partial charge in [0.2, 0.25) is 5.91 Å². The van der Waals surface area contributed by atoms with Crippen molar-refractivity contribution >= 4 is 28.7 Å². The average Bonchev–Trinajstić information content (AvgIpc) is 3.19. The van der Waals surface area contributed by atoms with E-state index in [9.17, 15) is 4.79 Å². The van der Waals surface area contributed by atoms with E-state index in [0.717, 1.165) is 48.5 Å². The fourth-order valence-electron chi connectivity index (χ4n) is 3.91. The molecule has 6 heteroatoms. The van der Waals surface area contributed by atoms with Crippen molar-refractivity contribution in [3.8, 4) is 5.75 Å². The number of nitrogens with zero attached hydrogens (tertiary/aromatic N) is 2. The van der Waals surface area contributed by atoms with Crippen LogP contribution in [0.4, 0.5) is 0 Å². The smallest absolute Gasteiger partial charge is 0.232 e. The quantitative estimate of drug-likeness (QED) is 0.603. The first-order valence-corrected chi connectivity index (χ1v) is 11.6. The minimum Gasteiger partial charge on any atom is -0.490 e. The van der Waals surface area contributed by atoms with E-state index in [1.807, 2.05) is 29.2 Å². The molecule has 1 unspecified atom stereocenters. The van der Waals surface area contributed by atoms with Crippen LogP contribution in [-0.2, 0) is 4.79 Å². The van der Waals surface area contributed by atoms with Gasteiger partial charge in [-0.05, 0) is 44.0 Å². The van der Waals surface area contributed by atoms with Gasteiger partial charge in [0.05, 0.1) is 22.0 Å². The van der Waals surface area contributed by atoms with Gasteiger partial charge in [0.1, 0.15) is 17.7 Å². The lowest BCUT2D eigenvalue weighted by atomic mass is 10.1. The molecule has 1 aliphatic heterocycles. The zero-order valence-corrected chi connectivity index (χ0v) is 18.7. The van der Waals surface area contributed by atoms with Crippen LogP contribution in [0.1, 0.15) is 42.0 Å². The van der Waals surface area contributed by atoms with Crippen LogP contribution in [0, 0.1) is 13.8 Å². The van der Waals surface area contributed by atoms with Crippen LogP contribution >= 0.6 is 11.8 Å². The number of aromatic nitrogens is 2. The summed E-state index contributed by atoms with van der Waals surface area (Å²) in [5.74, 6) is 2.60. The van der Waals surface area contributed by atoms with E-state index >= 15 is 0 Å². The molecule has 2 aromatic carbocycles. The van der Waals surface area contributed by atoms with Crippen LogP contribution in [0.2, 0.25) is 0 Å². The summed E-state index contributed by atoms with van der Waals surface area (Å²) < 4.78 is 6.27. The fraction of sp³-hybridized carbons (Fsp3) is 0.417. The maximum Gasteiger partial charge on any atom is 0.232 e. The molecule has 158 valence electrons. The third kappa shape index (κ3) is 4.64. The molecule has 2 heterocycles. The molecule has 30 heavy (non-hydrogen) atoms. The van der Waals surface area contributed by atoms with Gasteiger partial charge in [-0.2, -0.15) is 0 Å². The van der Waals surface area contributed by atoms with Gasteiger partial charge in [-0.25, -0.2) is 4.98 Å². The van der Waals surface area contributed by atoms with Crippen molar-refractivity contribution in [1.29, 1.82) is 0 Å². The first kappa shape index (κ1) is 20.8. The monoisotopic (exact) mass is 423 g/mol. The van der Waals surface area contributed by atoms with Gasteiger partial charge >= 0.3 is 0 Å². The number of carbonyl (C=O) groups is 1. The van der Waals surface area contributed by atoms with Crippen molar-refractivity contribution in [3.05, 3.63) is 59.4 Å². The normalized spacial score (nSPS) is 16.0. The van der Waals surface area contributed by atoms with E-state index in [1.54, 1.807) is 11.8 Å². The van der Waals surface area contributed by atoms with Crippen molar-refractivity contribution < 1.29 is 9.53 Å².